The monoisotopic (exact) mass is 186 g/mol. The molecule has 3 heteroatoms. The van der Waals surface area contributed by atoms with Crippen molar-refractivity contribution in [1.29, 1.82) is 0 Å². The quantitative estimate of drug-likeness (QED) is 0.768. The fourth-order valence-corrected chi connectivity index (χ4v) is 1.75. The number of aliphatic hydroxyl groups excluding tert-OH is 1. The molecule has 0 aromatic carbocycles. The van der Waals surface area contributed by atoms with Crippen molar-refractivity contribution in [3.8, 4) is 0 Å². The predicted octanol–water partition coefficient (Wildman–Crippen LogP) is 2.44. The summed E-state index contributed by atoms with van der Waals surface area (Å²) in [5, 5.41) is 10.4. The molecule has 0 aliphatic carbocycles. The van der Waals surface area contributed by atoms with E-state index in [4.69, 9.17) is 5.11 Å². The molecule has 0 aliphatic rings. The Morgan fingerprint density at radius 1 is 1.75 bits per heavy atom. The van der Waals surface area contributed by atoms with Crippen LogP contribution in [0.25, 0.3) is 0 Å². The van der Waals surface area contributed by atoms with Gasteiger partial charge in [0.1, 0.15) is 5.83 Å². The molecule has 1 heterocycles. The molecule has 0 aliphatic heterocycles. The first-order chi connectivity index (χ1) is 5.74. The lowest BCUT2D eigenvalue weighted by molar-refractivity contribution is 0.297. The molecule has 1 aromatic heterocycles. The normalized spacial score (nSPS) is 12.1. The maximum atomic E-state index is 12.5. The summed E-state index contributed by atoms with van der Waals surface area (Å²) in [7, 11) is 0. The van der Waals surface area contributed by atoms with Gasteiger partial charge >= 0.3 is 0 Å². The fourth-order valence-electron chi connectivity index (χ4n) is 0.881. The fraction of sp³-hybridized carbons (Fsp3) is 0.333. The lowest BCUT2D eigenvalue weighted by Gasteiger charge is -1.93. The van der Waals surface area contributed by atoms with Gasteiger partial charge in [0, 0.05) is 11.3 Å². The first-order valence-electron chi connectivity index (χ1n) is 3.72. The Hall–Kier alpha value is -0.670. The van der Waals surface area contributed by atoms with E-state index in [0.717, 1.165) is 4.88 Å². The molecule has 0 saturated heterocycles. The third-order valence-corrected chi connectivity index (χ3v) is 2.67. The van der Waals surface area contributed by atoms with Gasteiger partial charge in [0.2, 0.25) is 0 Å². The highest BCUT2D eigenvalue weighted by atomic mass is 32.1. The molecular weight excluding hydrogens is 175 g/mol. The van der Waals surface area contributed by atoms with E-state index in [1.807, 2.05) is 18.4 Å². The maximum Gasteiger partial charge on any atom is 0.122 e. The number of thiophene rings is 1. The van der Waals surface area contributed by atoms with Crippen molar-refractivity contribution < 1.29 is 9.50 Å². The highest BCUT2D eigenvalue weighted by Gasteiger charge is 1.98. The molecule has 0 unspecified atom stereocenters. The van der Waals surface area contributed by atoms with Crippen molar-refractivity contribution in [2.45, 2.75) is 13.3 Å². The van der Waals surface area contributed by atoms with Crippen LogP contribution in [0.2, 0.25) is 0 Å². The van der Waals surface area contributed by atoms with E-state index in [9.17, 15) is 4.39 Å². The summed E-state index contributed by atoms with van der Waals surface area (Å²) in [6.07, 6.45) is 1.99. The average Bonchev–Trinajstić information content (AvgIpc) is 2.47. The molecule has 0 fully saturated rings. The van der Waals surface area contributed by atoms with Crippen LogP contribution < -0.4 is 0 Å². The van der Waals surface area contributed by atoms with Crippen LogP contribution in [-0.2, 0) is 6.42 Å². The molecule has 0 bridgehead atoms. The van der Waals surface area contributed by atoms with Crippen LogP contribution in [0, 0.1) is 6.92 Å². The van der Waals surface area contributed by atoms with Gasteiger partial charge in [-0.2, -0.15) is 0 Å². The lowest BCUT2D eigenvalue weighted by atomic mass is 10.2. The Morgan fingerprint density at radius 3 is 3.00 bits per heavy atom. The Kier molecular flexibility index (Phi) is 3.44. The SMILES string of the molecule is Cc1ccsc1CC=C(F)CO. The molecule has 0 radical (unpaired) electrons. The van der Waals surface area contributed by atoms with E-state index in [2.05, 4.69) is 0 Å². The second-order valence-corrected chi connectivity index (χ2v) is 3.54. The van der Waals surface area contributed by atoms with Crippen LogP contribution in [0.3, 0.4) is 0 Å². The number of aryl methyl sites for hydroxylation is 1. The zero-order chi connectivity index (χ0) is 8.97. The van der Waals surface area contributed by atoms with Crippen molar-refractivity contribution in [3.05, 3.63) is 33.8 Å². The molecule has 0 amide bonds. The maximum absolute atomic E-state index is 12.5. The number of aliphatic hydroxyl groups is 1. The predicted molar refractivity (Wildman–Crippen MR) is 49.0 cm³/mol. The molecular formula is C9H11FOS. The van der Waals surface area contributed by atoms with Crippen LogP contribution in [0.15, 0.2) is 23.3 Å². The van der Waals surface area contributed by atoms with Gasteiger partial charge in [0.15, 0.2) is 0 Å². The minimum atomic E-state index is -0.496. The summed E-state index contributed by atoms with van der Waals surface area (Å²) in [6.45, 7) is 1.50. The van der Waals surface area contributed by atoms with Crippen LogP contribution >= 0.6 is 11.3 Å². The van der Waals surface area contributed by atoms with E-state index >= 15 is 0 Å². The number of allylic oxidation sites excluding steroid dienone is 1. The summed E-state index contributed by atoms with van der Waals surface area (Å²) in [5.41, 5.74) is 1.18. The van der Waals surface area contributed by atoms with E-state index in [1.165, 1.54) is 11.6 Å². The number of hydrogen-bond donors (Lipinski definition) is 1. The van der Waals surface area contributed by atoms with Gasteiger partial charge in [-0.25, -0.2) is 4.39 Å². The average molecular weight is 186 g/mol. The van der Waals surface area contributed by atoms with Crippen molar-refractivity contribution in [3.63, 3.8) is 0 Å². The molecule has 1 nitrogen and oxygen atoms in total. The van der Waals surface area contributed by atoms with Gasteiger partial charge in [-0.3, -0.25) is 0 Å². The van der Waals surface area contributed by atoms with E-state index in [1.54, 1.807) is 11.3 Å². The lowest BCUT2D eigenvalue weighted by Crippen LogP contribution is -1.84. The van der Waals surface area contributed by atoms with Gasteiger partial charge in [-0.05, 0) is 30.0 Å². The zero-order valence-corrected chi connectivity index (χ0v) is 7.70. The van der Waals surface area contributed by atoms with Crippen molar-refractivity contribution in [2.75, 3.05) is 6.61 Å². The Balaban J connectivity index is 2.59. The Labute approximate surface area is 75.2 Å². The van der Waals surface area contributed by atoms with E-state index in [0.29, 0.717) is 6.42 Å². The molecule has 1 aromatic rings. The second-order valence-electron chi connectivity index (χ2n) is 2.54. The van der Waals surface area contributed by atoms with Crippen LogP contribution in [-0.4, -0.2) is 11.7 Å². The highest BCUT2D eigenvalue weighted by molar-refractivity contribution is 7.10. The van der Waals surface area contributed by atoms with Crippen molar-refractivity contribution >= 4 is 11.3 Å². The standard InChI is InChI=1S/C9H11FOS/c1-7-4-5-12-9(7)3-2-8(10)6-11/h2,4-5,11H,3,6H2,1H3. The Bertz CT molecular complexity index is 278. The summed E-state index contributed by atoms with van der Waals surface area (Å²) < 4.78 is 12.5. The van der Waals surface area contributed by atoms with Crippen LogP contribution in [0.1, 0.15) is 10.4 Å². The smallest absolute Gasteiger partial charge is 0.122 e. The van der Waals surface area contributed by atoms with E-state index < -0.39 is 12.4 Å². The molecule has 1 rings (SSSR count). The summed E-state index contributed by atoms with van der Waals surface area (Å²) in [4.78, 5) is 1.15. The summed E-state index contributed by atoms with van der Waals surface area (Å²) in [5.74, 6) is -0.456. The molecule has 1 N–H and O–H groups in total. The van der Waals surface area contributed by atoms with Gasteiger partial charge in [-0.1, -0.05) is 0 Å². The topological polar surface area (TPSA) is 20.2 Å². The highest BCUT2D eigenvalue weighted by Crippen LogP contribution is 2.17. The van der Waals surface area contributed by atoms with Gasteiger partial charge in [0.25, 0.3) is 0 Å². The minimum absolute atomic E-state index is 0.456. The van der Waals surface area contributed by atoms with Crippen LogP contribution in [0.5, 0.6) is 0 Å². The molecule has 0 spiro atoms. The van der Waals surface area contributed by atoms with Crippen molar-refractivity contribution in [2.24, 2.45) is 0 Å². The molecule has 12 heavy (non-hydrogen) atoms. The van der Waals surface area contributed by atoms with Crippen molar-refractivity contribution in [1.82, 2.24) is 0 Å². The molecule has 0 saturated carbocycles. The van der Waals surface area contributed by atoms with Gasteiger partial charge in [-0.15, -0.1) is 11.3 Å². The molecule has 0 atom stereocenters. The van der Waals surface area contributed by atoms with Crippen LogP contribution in [0.4, 0.5) is 4.39 Å². The number of halogens is 1. The summed E-state index contributed by atoms with van der Waals surface area (Å²) in [6, 6.07) is 2.00. The Morgan fingerprint density at radius 2 is 2.50 bits per heavy atom. The second kappa shape index (κ2) is 4.38. The third-order valence-electron chi connectivity index (χ3n) is 1.63. The number of rotatable bonds is 3. The van der Waals surface area contributed by atoms with Gasteiger partial charge in [0.05, 0.1) is 6.61 Å². The zero-order valence-electron chi connectivity index (χ0n) is 6.88. The van der Waals surface area contributed by atoms with Gasteiger partial charge < -0.3 is 5.11 Å². The van der Waals surface area contributed by atoms with E-state index in [-0.39, 0.29) is 0 Å². The first-order valence-corrected chi connectivity index (χ1v) is 4.60. The molecule has 66 valence electrons. The first kappa shape index (κ1) is 9.42. The minimum Gasteiger partial charge on any atom is -0.389 e. The largest absolute Gasteiger partial charge is 0.389 e. The number of hydrogen-bond acceptors (Lipinski definition) is 2. The third kappa shape index (κ3) is 2.43. The summed E-state index contributed by atoms with van der Waals surface area (Å²) >= 11 is 1.61.